The molecule has 0 radical (unpaired) electrons. The summed E-state index contributed by atoms with van der Waals surface area (Å²) < 4.78 is 14.0. The van der Waals surface area contributed by atoms with Crippen LogP contribution >= 0.6 is 0 Å². The number of quaternary nitrogens is 1. The van der Waals surface area contributed by atoms with Crippen molar-refractivity contribution in [3.63, 3.8) is 0 Å². The summed E-state index contributed by atoms with van der Waals surface area (Å²) in [5.74, 6) is 1.65. The molecule has 3 aromatic carbocycles. The van der Waals surface area contributed by atoms with Crippen LogP contribution in [0.25, 0.3) is 0 Å². The van der Waals surface area contributed by atoms with Crippen molar-refractivity contribution in [3.8, 4) is 11.5 Å². The monoisotopic (exact) mass is 672 g/mol. The van der Waals surface area contributed by atoms with Crippen LogP contribution in [0, 0.1) is 11.8 Å². The highest BCUT2D eigenvalue weighted by molar-refractivity contribution is 5.75. The molecule has 0 spiro atoms. The van der Waals surface area contributed by atoms with Gasteiger partial charge in [-0.15, -0.1) is 0 Å². The van der Waals surface area contributed by atoms with E-state index >= 15 is 0 Å². The maximum atomic E-state index is 12.0. The van der Waals surface area contributed by atoms with Gasteiger partial charge in [-0.25, -0.2) is 0 Å². The van der Waals surface area contributed by atoms with Crippen LogP contribution in [-0.2, 0) is 21.6 Å². The van der Waals surface area contributed by atoms with Gasteiger partial charge in [-0.05, 0) is 73.1 Å². The number of hydrogen-bond acceptors (Lipinski definition) is 7. The fourth-order valence-electron chi connectivity index (χ4n) is 8.40. The second-order valence-electron chi connectivity index (χ2n) is 14.7. The van der Waals surface area contributed by atoms with Crippen LogP contribution in [0.2, 0.25) is 0 Å². The molecule has 4 atom stereocenters. The van der Waals surface area contributed by atoms with Crippen LogP contribution in [0.1, 0.15) is 68.2 Å². The minimum absolute atomic E-state index is 0.0429. The number of carbonyl (C=O) groups excluding carboxylic acids is 1. The second-order valence-corrected chi connectivity index (χ2v) is 14.7. The summed E-state index contributed by atoms with van der Waals surface area (Å²) in [6.07, 6.45) is 7.52. The predicted molar refractivity (Wildman–Crippen MR) is 190 cm³/mol. The summed E-state index contributed by atoms with van der Waals surface area (Å²) in [5.41, 5.74) is 2.13. The van der Waals surface area contributed by atoms with E-state index in [-0.39, 0.29) is 29.5 Å². The summed E-state index contributed by atoms with van der Waals surface area (Å²) in [6, 6.07) is 23.3. The Kier molecular flexibility index (Phi) is 11.6. The number of amides is 1. The normalized spacial score (nSPS) is 24.6. The number of nitrogens with zero attached hydrogens (tertiary/aromatic N) is 1. The van der Waals surface area contributed by atoms with E-state index in [9.17, 15) is 20.1 Å². The van der Waals surface area contributed by atoms with Gasteiger partial charge in [-0.3, -0.25) is 4.79 Å². The lowest BCUT2D eigenvalue weighted by Crippen LogP contribution is -2.65. The fourth-order valence-corrected chi connectivity index (χ4v) is 8.40. The van der Waals surface area contributed by atoms with Crippen molar-refractivity contribution in [3.05, 3.63) is 89.5 Å². The molecule has 4 fully saturated rings. The molecule has 2 bridgehead atoms. The van der Waals surface area contributed by atoms with Crippen LogP contribution in [0.5, 0.6) is 11.5 Å². The number of ether oxygens (including phenoxy) is 2. The molecular formula is C40H54N3O6+. The van der Waals surface area contributed by atoms with Gasteiger partial charge in [0.25, 0.3) is 0 Å². The quantitative estimate of drug-likeness (QED) is 0.0751. The van der Waals surface area contributed by atoms with Crippen molar-refractivity contribution in [1.29, 1.82) is 0 Å². The highest BCUT2D eigenvalue weighted by Crippen LogP contribution is 2.42. The van der Waals surface area contributed by atoms with Gasteiger partial charge in [0.15, 0.2) is 0 Å². The number of aliphatic hydroxyl groups is 2. The molecule has 1 saturated carbocycles. The third kappa shape index (κ3) is 8.64. The number of aliphatic hydroxyl groups excluding tert-OH is 1. The molecular weight excluding hydrogens is 618 g/mol. The highest BCUT2D eigenvalue weighted by Gasteiger charge is 2.48. The Morgan fingerprint density at radius 2 is 1.73 bits per heavy atom. The van der Waals surface area contributed by atoms with Crippen LogP contribution in [0.3, 0.4) is 0 Å². The van der Waals surface area contributed by atoms with E-state index in [0.717, 1.165) is 48.1 Å². The van der Waals surface area contributed by atoms with Crippen molar-refractivity contribution < 1.29 is 34.1 Å². The van der Waals surface area contributed by atoms with Crippen LogP contribution in [-0.4, -0.2) is 84.3 Å². The lowest BCUT2D eigenvalue weighted by atomic mass is 9.80. The number of rotatable bonds is 17. The zero-order valence-corrected chi connectivity index (χ0v) is 28.8. The molecule has 3 heterocycles. The first-order valence-electron chi connectivity index (χ1n) is 18.2. The average molecular weight is 673 g/mol. The number of phenols is 1. The topological polar surface area (TPSA) is 120 Å². The van der Waals surface area contributed by atoms with Gasteiger partial charge in [0.05, 0.1) is 31.5 Å². The third-order valence-electron chi connectivity index (χ3n) is 11.4. The zero-order chi connectivity index (χ0) is 34.3. The zero-order valence-electron chi connectivity index (χ0n) is 28.8. The number of aromatic hydroxyl groups is 1. The smallest absolute Gasteiger partial charge is 0.211 e. The van der Waals surface area contributed by atoms with E-state index in [1.54, 1.807) is 12.1 Å². The molecule has 49 heavy (non-hydrogen) atoms. The Bertz CT molecular complexity index is 1490. The SMILES string of the molecule is CC(Cc1ccc(OCC[N+]23CCC(CC2)[C@@H](OC[C@@](O)(c2ccccc2)C2CCCC2)C3)cc1)NC[C@H](O)c1ccc(O)c(NC=O)c1. The van der Waals surface area contributed by atoms with Crippen LogP contribution < -0.4 is 15.4 Å². The molecule has 1 amide bonds. The number of piperidine rings is 3. The molecule has 9 nitrogen and oxygen atoms in total. The molecule has 1 unspecified atom stereocenters. The van der Waals surface area contributed by atoms with E-state index in [1.165, 1.54) is 50.4 Å². The number of phenolic OH excluding ortho intramolecular Hbond substituents is 1. The first kappa shape index (κ1) is 35.4. The highest BCUT2D eigenvalue weighted by atomic mass is 16.5. The van der Waals surface area contributed by atoms with Gasteiger partial charge in [0, 0.05) is 31.3 Å². The molecule has 9 heteroatoms. The van der Waals surface area contributed by atoms with Crippen molar-refractivity contribution >= 4 is 12.1 Å². The lowest BCUT2D eigenvalue weighted by molar-refractivity contribution is -0.946. The summed E-state index contributed by atoms with van der Waals surface area (Å²) in [5, 5.41) is 38.3. The van der Waals surface area contributed by atoms with Gasteiger partial charge < -0.3 is 39.9 Å². The Hall–Kier alpha value is -3.47. The largest absolute Gasteiger partial charge is 0.506 e. The van der Waals surface area contributed by atoms with E-state index in [2.05, 4.69) is 41.8 Å². The van der Waals surface area contributed by atoms with Gasteiger partial charge in [0.2, 0.25) is 6.41 Å². The van der Waals surface area contributed by atoms with E-state index < -0.39 is 11.7 Å². The number of benzene rings is 3. The lowest BCUT2D eigenvalue weighted by Gasteiger charge is -2.52. The molecule has 3 aliphatic heterocycles. The Labute approximate surface area is 290 Å². The first-order chi connectivity index (χ1) is 23.8. The number of hydrogen-bond donors (Lipinski definition) is 5. The molecule has 1 aliphatic carbocycles. The number of anilines is 1. The summed E-state index contributed by atoms with van der Waals surface area (Å²) in [4.78, 5) is 10.8. The molecule has 3 aromatic rings. The van der Waals surface area contributed by atoms with E-state index in [1.807, 2.05) is 30.3 Å². The number of nitrogens with one attached hydrogen (secondary N) is 2. The van der Waals surface area contributed by atoms with Gasteiger partial charge >= 0.3 is 0 Å². The van der Waals surface area contributed by atoms with E-state index in [0.29, 0.717) is 37.6 Å². The Morgan fingerprint density at radius 3 is 2.45 bits per heavy atom. The van der Waals surface area contributed by atoms with Crippen molar-refractivity contribution in [2.24, 2.45) is 11.8 Å². The molecule has 3 saturated heterocycles. The average Bonchev–Trinajstić information content (AvgIpc) is 3.68. The Morgan fingerprint density at radius 1 is 1.00 bits per heavy atom. The minimum Gasteiger partial charge on any atom is -0.506 e. The van der Waals surface area contributed by atoms with Crippen molar-refractivity contribution in [1.82, 2.24) is 5.32 Å². The molecule has 5 N–H and O–H groups in total. The molecule has 4 aliphatic rings. The minimum atomic E-state index is -0.923. The van der Waals surface area contributed by atoms with Crippen molar-refractivity contribution in [2.75, 3.05) is 51.3 Å². The Balaban J connectivity index is 0.954. The second kappa shape index (κ2) is 16.0. The van der Waals surface area contributed by atoms with Crippen molar-refractivity contribution in [2.45, 2.75) is 75.7 Å². The van der Waals surface area contributed by atoms with Crippen LogP contribution in [0.4, 0.5) is 5.69 Å². The fraction of sp³-hybridized carbons (Fsp3) is 0.525. The third-order valence-corrected chi connectivity index (χ3v) is 11.4. The van der Waals surface area contributed by atoms with Gasteiger partial charge in [-0.1, -0.05) is 61.4 Å². The summed E-state index contributed by atoms with van der Waals surface area (Å²) >= 11 is 0. The maximum Gasteiger partial charge on any atom is 0.211 e. The van der Waals surface area contributed by atoms with E-state index in [4.69, 9.17) is 9.47 Å². The number of carbonyl (C=O) groups is 1. The molecule has 0 aromatic heterocycles. The summed E-state index contributed by atoms with van der Waals surface area (Å²) in [7, 11) is 0. The molecule has 7 rings (SSSR count). The van der Waals surface area contributed by atoms with Gasteiger partial charge in [-0.2, -0.15) is 0 Å². The van der Waals surface area contributed by atoms with Crippen LogP contribution in [0.15, 0.2) is 72.8 Å². The standard InChI is InChI=1S/C40H53N3O6/c1-29(41-25-38(46)32-13-16-37(45)36(24-32)42-28-44)23-30-11-14-35(15-12-30)48-22-21-43-19-17-31(18-20-43)39(26-43)49-27-40(47,34-9-5-6-10-34)33-7-3-2-4-8-33/h2-4,7-8,11-16,24,28-29,31,34,38-39,41,46-47H,5-6,9-10,17-23,25-27H2,1H3,(H-,42,44,45)/p+1/t29?,31?,38-,39-,40+,43?/m0/s1. The predicted octanol–water partition coefficient (Wildman–Crippen LogP) is 5.30. The maximum absolute atomic E-state index is 12.0. The first-order valence-corrected chi connectivity index (χ1v) is 18.2. The molecule has 264 valence electrons. The number of fused-ring (bicyclic) bond motifs is 3. The van der Waals surface area contributed by atoms with Gasteiger partial charge in [0.1, 0.15) is 42.9 Å². The summed E-state index contributed by atoms with van der Waals surface area (Å²) in [6.45, 7) is 7.74.